The molecule has 5 atom stereocenters. The Morgan fingerprint density at radius 3 is 2.62 bits per heavy atom. The molecule has 1 aromatic rings. The molecule has 0 amide bonds. The van der Waals surface area contributed by atoms with Crippen molar-refractivity contribution in [1.82, 2.24) is 0 Å². The molecule has 142 valence electrons. The number of benzene rings is 1. The van der Waals surface area contributed by atoms with Crippen molar-refractivity contribution in [3.8, 4) is 5.75 Å². The molecule has 1 aromatic carbocycles. The number of Topliss-reactive ketones (excluding diaryl/α,β-unsaturated/α-hetero) is 1. The first-order valence-corrected chi connectivity index (χ1v) is 13.5. The number of fused-ring (bicyclic) bond motifs is 5. The monoisotopic (exact) mass is 372 g/mol. The van der Waals surface area contributed by atoms with Gasteiger partial charge in [-0.3, -0.25) is 4.79 Å². The molecule has 3 nitrogen and oxygen atoms in total. The van der Waals surface area contributed by atoms with Crippen LogP contribution >= 0.6 is 0 Å². The number of ketones is 1. The maximum atomic E-state index is 12.5. The molecular formula is C22H32O3Si. The fourth-order valence-electron chi connectivity index (χ4n) is 5.96. The van der Waals surface area contributed by atoms with Crippen LogP contribution in [0.3, 0.4) is 0 Å². The van der Waals surface area contributed by atoms with Gasteiger partial charge in [0, 0.05) is 18.9 Å². The zero-order chi connectivity index (χ0) is 18.7. The van der Waals surface area contributed by atoms with Crippen LogP contribution in [0.5, 0.6) is 5.75 Å². The van der Waals surface area contributed by atoms with Crippen LogP contribution in [0.25, 0.3) is 0 Å². The second-order valence-electron chi connectivity index (χ2n) is 9.76. The topological polar surface area (TPSA) is 35.5 Å². The molecule has 0 spiro atoms. The molecule has 0 N–H and O–H groups in total. The second-order valence-corrected chi connectivity index (χ2v) is 14.2. The van der Waals surface area contributed by atoms with Crippen LogP contribution < -0.4 is 4.43 Å². The van der Waals surface area contributed by atoms with Crippen LogP contribution in [0.15, 0.2) is 18.2 Å². The van der Waals surface area contributed by atoms with Gasteiger partial charge in [0.15, 0.2) is 0 Å². The average Bonchev–Trinajstić information content (AvgIpc) is 2.88. The van der Waals surface area contributed by atoms with Gasteiger partial charge in [0.1, 0.15) is 11.5 Å². The molecule has 0 radical (unpaired) electrons. The molecule has 2 saturated carbocycles. The van der Waals surface area contributed by atoms with Gasteiger partial charge in [-0.15, -0.1) is 0 Å². The van der Waals surface area contributed by atoms with Gasteiger partial charge in [-0.05, 0) is 86.3 Å². The Kier molecular flexibility index (Phi) is 4.35. The largest absolute Gasteiger partial charge is 0.544 e. The molecule has 3 aliphatic rings. The van der Waals surface area contributed by atoms with Crippen molar-refractivity contribution < 1.29 is 14.0 Å². The van der Waals surface area contributed by atoms with Crippen LogP contribution in [0.4, 0.5) is 0 Å². The fraction of sp³-hybridized carbons (Fsp3) is 0.682. The van der Waals surface area contributed by atoms with E-state index >= 15 is 0 Å². The van der Waals surface area contributed by atoms with E-state index in [2.05, 4.69) is 44.8 Å². The van der Waals surface area contributed by atoms with Crippen molar-refractivity contribution >= 4 is 14.1 Å². The van der Waals surface area contributed by atoms with E-state index in [4.69, 9.17) is 9.16 Å². The van der Waals surface area contributed by atoms with Gasteiger partial charge in [-0.2, -0.15) is 0 Å². The minimum absolute atomic E-state index is 0.0855. The molecule has 0 saturated heterocycles. The van der Waals surface area contributed by atoms with E-state index in [-0.39, 0.29) is 11.5 Å². The number of ether oxygens (including phenoxy) is 1. The van der Waals surface area contributed by atoms with Crippen molar-refractivity contribution in [3.05, 3.63) is 29.3 Å². The van der Waals surface area contributed by atoms with E-state index < -0.39 is 8.32 Å². The van der Waals surface area contributed by atoms with Gasteiger partial charge < -0.3 is 9.16 Å². The van der Waals surface area contributed by atoms with Gasteiger partial charge >= 0.3 is 0 Å². The summed E-state index contributed by atoms with van der Waals surface area (Å²) in [5.41, 5.74) is 2.67. The van der Waals surface area contributed by atoms with E-state index in [0.717, 1.165) is 37.9 Å². The van der Waals surface area contributed by atoms with Crippen LogP contribution in [-0.4, -0.2) is 21.2 Å². The number of hydrogen-bond acceptors (Lipinski definition) is 3. The minimum atomic E-state index is -1.62. The lowest BCUT2D eigenvalue weighted by Crippen LogP contribution is -2.43. The maximum absolute atomic E-state index is 12.5. The maximum Gasteiger partial charge on any atom is 0.242 e. The van der Waals surface area contributed by atoms with Crippen molar-refractivity contribution in [1.29, 1.82) is 0 Å². The minimum Gasteiger partial charge on any atom is -0.544 e. The Bertz CT molecular complexity index is 723. The first-order chi connectivity index (χ1) is 12.2. The van der Waals surface area contributed by atoms with Crippen molar-refractivity contribution in [2.45, 2.75) is 70.7 Å². The standard InChI is InChI=1S/C22H32O3Si/c1-22-11-10-16-15-7-6-14(25-26(3,4)5)12-18(15)20(24-2)13-17(16)19(22)8-9-21(22)23/h6-7,12,16-17,19-20H,8-11,13H2,1-5H3. The molecule has 2 fully saturated rings. The fourth-order valence-corrected chi connectivity index (χ4v) is 6.79. The molecular weight excluding hydrogens is 340 g/mol. The van der Waals surface area contributed by atoms with Gasteiger partial charge in [0.2, 0.25) is 8.32 Å². The first kappa shape index (κ1) is 18.2. The second kappa shape index (κ2) is 6.20. The molecule has 0 aromatic heterocycles. The smallest absolute Gasteiger partial charge is 0.242 e. The number of rotatable bonds is 3. The lowest BCUT2D eigenvalue weighted by molar-refractivity contribution is -0.129. The van der Waals surface area contributed by atoms with Crippen LogP contribution in [0.2, 0.25) is 19.6 Å². The highest BCUT2D eigenvalue weighted by atomic mass is 28.4. The Morgan fingerprint density at radius 1 is 1.15 bits per heavy atom. The quantitative estimate of drug-likeness (QED) is 0.660. The molecule has 4 heteroatoms. The Balaban J connectivity index is 1.70. The highest BCUT2D eigenvalue weighted by molar-refractivity contribution is 6.70. The molecule has 4 rings (SSSR count). The zero-order valence-corrected chi connectivity index (χ0v) is 17.8. The Morgan fingerprint density at radius 2 is 1.92 bits per heavy atom. The van der Waals surface area contributed by atoms with Crippen molar-refractivity contribution in [2.75, 3.05) is 7.11 Å². The highest BCUT2D eigenvalue weighted by Crippen LogP contribution is 2.61. The molecule has 5 unspecified atom stereocenters. The zero-order valence-electron chi connectivity index (χ0n) is 16.8. The third-order valence-corrected chi connectivity index (χ3v) is 7.99. The highest BCUT2D eigenvalue weighted by Gasteiger charge is 2.55. The van der Waals surface area contributed by atoms with Crippen LogP contribution in [0, 0.1) is 17.3 Å². The number of methoxy groups -OCH3 is 1. The SMILES string of the molecule is COC1CC2C(CCC3(C)C(=O)CCC23)c2ccc(O[Si](C)(C)C)cc21. The van der Waals surface area contributed by atoms with E-state index in [1.165, 1.54) is 11.1 Å². The summed E-state index contributed by atoms with van der Waals surface area (Å²) in [5, 5.41) is 0. The summed E-state index contributed by atoms with van der Waals surface area (Å²) < 4.78 is 12.2. The van der Waals surface area contributed by atoms with Crippen LogP contribution in [0.1, 0.15) is 62.2 Å². The van der Waals surface area contributed by atoms with Crippen molar-refractivity contribution in [3.63, 3.8) is 0 Å². The summed E-state index contributed by atoms with van der Waals surface area (Å²) in [6, 6.07) is 6.67. The van der Waals surface area contributed by atoms with E-state index in [1.54, 1.807) is 0 Å². The van der Waals surface area contributed by atoms with Gasteiger partial charge in [0.05, 0.1) is 6.10 Å². The molecule has 0 bridgehead atoms. The predicted molar refractivity (Wildman–Crippen MR) is 106 cm³/mol. The summed E-state index contributed by atoms with van der Waals surface area (Å²) in [6.45, 7) is 8.88. The van der Waals surface area contributed by atoms with E-state index in [9.17, 15) is 4.79 Å². The van der Waals surface area contributed by atoms with Gasteiger partial charge in [-0.25, -0.2) is 0 Å². The van der Waals surface area contributed by atoms with Crippen molar-refractivity contribution in [2.24, 2.45) is 17.3 Å². The number of carbonyl (C=O) groups is 1. The van der Waals surface area contributed by atoms with E-state index in [1.807, 2.05) is 7.11 Å². The molecule has 26 heavy (non-hydrogen) atoms. The predicted octanol–water partition coefficient (Wildman–Crippen LogP) is 5.47. The third-order valence-electron chi connectivity index (χ3n) is 7.15. The molecule has 0 aliphatic heterocycles. The molecule has 3 aliphatic carbocycles. The third kappa shape index (κ3) is 2.86. The first-order valence-electron chi connectivity index (χ1n) is 10.1. The van der Waals surface area contributed by atoms with E-state index in [0.29, 0.717) is 23.5 Å². The summed E-state index contributed by atoms with van der Waals surface area (Å²) in [6.07, 6.45) is 5.17. The lowest BCUT2D eigenvalue weighted by Gasteiger charge is -2.49. The Hall–Kier alpha value is -1.13. The average molecular weight is 373 g/mol. The number of hydrogen-bond donors (Lipinski definition) is 0. The normalized spacial score (nSPS) is 36.3. The van der Waals surface area contributed by atoms with Gasteiger partial charge in [-0.1, -0.05) is 13.0 Å². The van der Waals surface area contributed by atoms with Crippen LogP contribution in [-0.2, 0) is 9.53 Å². The molecule has 0 heterocycles. The summed E-state index contributed by atoms with van der Waals surface area (Å²) >= 11 is 0. The van der Waals surface area contributed by atoms with Gasteiger partial charge in [0.25, 0.3) is 0 Å². The summed E-state index contributed by atoms with van der Waals surface area (Å²) in [7, 11) is 0.198. The lowest BCUT2D eigenvalue weighted by atomic mass is 9.55. The summed E-state index contributed by atoms with van der Waals surface area (Å²) in [5.74, 6) is 3.15. The Labute approximate surface area is 158 Å². The summed E-state index contributed by atoms with van der Waals surface area (Å²) in [4.78, 5) is 12.5. The number of carbonyl (C=O) groups excluding carboxylic acids is 1.